The van der Waals surface area contributed by atoms with Gasteiger partial charge < -0.3 is 28.8 Å². The van der Waals surface area contributed by atoms with Crippen molar-refractivity contribution in [2.75, 3.05) is 34.4 Å². The molecule has 1 N–H and O–H groups in total. The molecule has 1 fully saturated rings. The highest BCUT2D eigenvalue weighted by Crippen LogP contribution is 2.34. The Morgan fingerprint density at radius 1 is 1.04 bits per heavy atom. The molecule has 0 radical (unpaired) electrons. The molecule has 2 amide bonds. The van der Waals surface area contributed by atoms with Crippen LogP contribution in [0.25, 0.3) is 0 Å². The van der Waals surface area contributed by atoms with Gasteiger partial charge in [-0.1, -0.05) is 0 Å². The zero-order valence-electron chi connectivity index (χ0n) is 16.2. The molecule has 1 aliphatic heterocycles. The number of furan rings is 1. The van der Waals surface area contributed by atoms with E-state index in [1.165, 1.54) is 27.6 Å². The zero-order valence-corrected chi connectivity index (χ0v) is 16.2. The van der Waals surface area contributed by atoms with Crippen molar-refractivity contribution in [3.63, 3.8) is 0 Å². The predicted molar refractivity (Wildman–Crippen MR) is 101 cm³/mol. The van der Waals surface area contributed by atoms with Gasteiger partial charge in [-0.05, 0) is 25.0 Å². The predicted octanol–water partition coefficient (Wildman–Crippen LogP) is 2.34. The second kappa shape index (κ2) is 8.69. The minimum absolute atomic E-state index is 0.0362. The van der Waals surface area contributed by atoms with Gasteiger partial charge >= 0.3 is 0 Å². The van der Waals surface area contributed by atoms with Crippen LogP contribution in [0, 0.1) is 0 Å². The Labute approximate surface area is 163 Å². The number of nitrogens with one attached hydrogen (secondary N) is 1. The number of rotatable bonds is 6. The smallest absolute Gasteiger partial charge is 0.289 e. The summed E-state index contributed by atoms with van der Waals surface area (Å²) in [5.41, 5.74) is 0.370. The van der Waals surface area contributed by atoms with E-state index in [-0.39, 0.29) is 17.9 Å². The van der Waals surface area contributed by atoms with Gasteiger partial charge in [-0.25, -0.2) is 0 Å². The summed E-state index contributed by atoms with van der Waals surface area (Å²) in [4.78, 5) is 26.8. The van der Waals surface area contributed by atoms with Crippen LogP contribution in [-0.4, -0.2) is 57.2 Å². The molecular formula is C20H24N2O6. The van der Waals surface area contributed by atoms with Crippen LogP contribution < -0.4 is 19.5 Å². The number of methoxy groups -OCH3 is 3. The fraction of sp³-hybridized carbons (Fsp3) is 0.400. The molecule has 3 rings (SSSR count). The largest absolute Gasteiger partial charge is 0.496 e. The van der Waals surface area contributed by atoms with Gasteiger partial charge in [0, 0.05) is 31.3 Å². The Hall–Kier alpha value is -3.16. The molecule has 28 heavy (non-hydrogen) atoms. The first-order valence-corrected chi connectivity index (χ1v) is 9.01. The van der Waals surface area contributed by atoms with Crippen LogP contribution in [0.3, 0.4) is 0 Å². The van der Waals surface area contributed by atoms with Crippen LogP contribution in [0.2, 0.25) is 0 Å². The zero-order chi connectivity index (χ0) is 20.1. The first kappa shape index (κ1) is 19.6. The molecule has 0 unspecified atom stereocenters. The molecule has 1 aromatic heterocycles. The fourth-order valence-electron chi connectivity index (χ4n) is 3.25. The fourth-order valence-corrected chi connectivity index (χ4v) is 3.25. The molecule has 0 bridgehead atoms. The van der Waals surface area contributed by atoms with E-state index in [0.29, 0.717) is 54.5 Å². The topological polar surface area (TPSA) is 90.2 Å². The Balaban J connectivity index is 1.64. The third-order valence-electron chi connectivity index (χ3n) is 4.80. The van der Waals surface area contributed by atoms with Crippen LogP contribution in [0.15, 0.2) is 34.9 Å². The van der Waals surface area contributed by atoms with Crippen LogP contribution in [-0.2, 0) is 0 Å². The van der Waals surface area contributed by atoms with Gasteiger partial charge in [0.1, 0.15) is 5.75 Å². The first-order chi connectivity index (χ1) is 13.6. The standard InChI is InChI=1S/C20H24N2O6/c1-25-16-12-18(27-3)17(26-2)11-14(16)19(23)21-13-6-8-22(9-7-13)20(24)15-5-4-10-28-15/h4-5,10-13H,6-9H2,1-3H3,(H,21,23). The van der Waals surface area contributed by atoms with E-state index in [2.05, 4.69) is 5.32 Å². The maximum absolute atomic E-state index is 12.8. The number of nitrogens with zero attached hydrogens (tertiary/aromatic N) is 1. The monoisotopic (exact) mass is 388 g/mol. The average molecular weight is 388 g/mol. The van der Waals surface area contributed by atoms with E-state index in [0.717, 1.165) is 0 Å². The number of likely N-dealkylation sites (tertiary alicyclic amines) is 1. The Morgan fingerprint density at radius 2 is 1.68 bits per heavy atom. The molecule has 1 aliphatic rings. The number of ether oxygens (including phenoxy) is 3. The normalized spacial score (nSPS) is 14.5. The van der Waals surface area contributed by atoms with Crippen molar-refractivity contribution in [2.45, 2.75) is 18.9 Å². The number of amides is 2. The third-order valence-corrected chi connectivity index (χ3v) is 4.80. The van der Waals surface area contributed by atoms with Crippen LogP contribution >= 0.6 is 0 Å². The van der Waals surface area contributed by atoms with Crippen LogP contribution in [0.4, 0.5) is 0 Å². The Kier molecular flexibility index (Phi) is 6.08. The highest BCUT2D eigenvalue weighted by molar-refractivity contribution is 5.98. The molecule has 1 aromatic carbocycles. The van der Waals surface area contributed by atoms with Crippen molar-refractivity contribution in [1.29, 1.82) is 0 Å². The Morgan fingerprint density at radius 3 is 2.25 bits per heavy atom. The first-order valence-electron chi connectivity index (χ1n) is 9.01. The van der Waals surface area contributed by atoms with Crippen molar-refractivity contribution >= 4 is 11.8 Å². The molecule has 1 saturated heterocycles. The van der Waals surface area contributed by atoms with Gasteiger partial charge in [-0.3, -0.25) is 9.59 Å². The van der Waals surface area contributed by atoms with E-state index < -0.39 is 0 Å². The molecule has 2 heterocycles. The lowest BCUT2D eigenvalue weighted by Crippen LogP contribution is -2.46. The van der Waals surface area contributed by atoms with Gasteiger partial charge in [-0.15, -0.1) is 0 Å². The van der Waals surface area contributed by atoms with Crippen molar-refractivity contribution < 1.29 is 28.2 Å². The van der Waals surface area contributed by atoms with Gasteiger partial charge in [0.05, 0.1) is 33.2 Å². The molecule has 8 nitrogen and oxygen atoms in total. The minimum Gasteiger partial charge on any atom is -0.496 e. The minimum atomic E-state index is -0.256. The van der Waals surface area contributed by atoms with Crippen LogP contribution in [0.5, 0.6) is 17.2 Å². The lowest BCUT2D eigenvalue weighted by Gasteiger charge is -2.32. The quantitative estimate of drug-likeness (QED) is 0.817. The second-order valence-corrected chi connectivity index (χ2v) is 6.42. The Bertz CT molecular complexity index is 825. The summed E-state index contributed by atoms with van der Waals surface area (Å²) in [5, 5.41) is 3.02. The summed E-state index contributed by atoms with van der Waals surface area (Å²) in [5.74, 6) is 1.29. The maximum atomic E-state index is 12.8. The van der Waals surface area contributed by atoms with Crippen molar-refractivity contribution in [3.8, 4) is 17.2 Å². The van der Waals surface area contributed by atoms with E-state index in [4.69, 9.17) is 18.6 Å². The highest BCUT2D eigenvalue weighted by Gasteiger charge is 2.27. The molecule has 150 valence electrons. The summed E-state index contributed by atoms with van der Waals surface area (Å²) in [6, 6.07) is 6.53. The lowest BCUT2D eigenvalue weighted by atomic mass is 10.0. The van der Waals surface area contributed by atoms with E-state index >= 15 is 0 Å². The van der Waals surface area contributed by atoms with Crippen molar-refractivity contribution in [3.05, 3.63) is 41.9 Å². The average Bonchev–Trinajstić information content (AvgIpc) is 3.27. The summed E-state index contributed by atoms with van der Waals surface area (Å²) in [7, 11) is 4.53. The highest BCUT2D eigenvalue weighted by atomic mass is 16.5. The van der Waals surface area contributed by atoms with E-state index in [1.54, 1.807) is 29.2 Å². The molecule has 0 atom stereocenters. The SMILES string of the molecule is COc1cc(OC)c(C(=O)NC2CCN(C(=O)c3ccco3)CC2)cc1OC. The number of benzene rings is 1. The van der Waals surface area contributed by atoms with Gasteiger partial charge in [0.2, 0.25) is 0 Å². The summed E-state index contributed by atoms with van der Waals surface area (Å²) >= 11 is 0. The molecule has 0 spiro atoms. The second-order valence-electron chi connectivity index (χ2n) is 6.42. The van der Waals surface area contributed by atoms with E-state index in [1.807, 2.05) is 0 Å². The number of piperidine rings is 1. The molecule has 2 aromatic rings. The van der Waals surface area contributed by atoms with Gasteiger partial charge in [-0.2, -0.15) is 0 Å². The molecule has 0 saturated carbocycles. The summed E-state index contributed by atoms with van der Waals surface area (Å²) < 4.78 is 21.0. The van der Waals surface area contributed by atoms with Crippen molar-refractivity contribution in [2.24, 2.45) is 0 Å². The molecule has 0 aliphatic carbocycles. The van der Waals surface area contributed by atoms with Crippen molar-refractivity contribution in [1.82, 2.24) is 10.2 Å². The van der Waals surface area contributed by atoms with Gasteiger partial charge in [0.25, 0.3) is 11.8 Å². The van der Waals surface area contributed by atoms with Gasteiger partial charge in [0.15, 0.2) is 17.3 Å². The number of carbonyl (C=O) groups is 2. The third kappa shape index (κ3) is 4.05. The van der Waals surface area contributed by atoms with E-state index in [9.17, 15) is 9.59 Å². The van der Waals surface area contributed by atoms with Crippen LogP contribution in [0.1, 0.15) is 33.8 Å². The summed E-state index contributed by atoms with van der Waals surface area (Å²) in [6.07, 6.45) is 2.80. The number of hydrogen-bond acceptors (Lipinski definition) is 6. The number of hydrogen-bond donors (Lipinski definition) is 1. The molecule has 8 heteroatoms. The number of carbonyl (C=O) groups excluding carboxylic acids is 2. The lowest BCUT2D eigenvalue weighted by molar-refractivity contribution is 0.0667. The maximum Gasteiger partial charge on any atom is 0.289 e. The summed E-state index contributed by atoms with van der Waals surface area (Å²) in [6.45, 7) is 1.10. The molecular weight excluding hydrogens is 364 g/mol.